The van der Waals surface area contributed by atoms with Gasteiger partial charge in [0, 0.05) is 5.56 Å². The molecule has 2 heteroatoms. The molecule has 0 aliphatic heterocycles. The van der Waals surface area contributed by atoms with Gasteiger partial charge in [0.25, 0.3) is 0 Å². The van der Waals surface area contributed by atoms with Crippen molar-refractivity contribution < 1.29 is 4.74 Å². The maximum Gasteiger partial charge on any atom is 0.141 e. The molecule has 0 N–H and O–H groups in total. The molecule has 0 aliphatic rings. The van der Waals surface area contributed by atoms with Crippen molar-refractivity contribution in [1.29, 1.82) is 0 Å². The minimum atomic E-state index is 0.905. The summed E-state index contributed by atoms with van der Waals surface area (Å²) in [5.41, 5.74) is 1.25. The zero-order chi connectivity index (χ0) is 6.69. The van der Waals surface area contributed by atoms with Crippen LogP contribution in [0.4, 0.5) is 0 Å². The van der Waals surface area contributed by atoms with Crippen LogP contribution in [-0.4, -0.2) is 7.11 Å². The molecule has 49 valence electrons. The summed E-state index contributed by atoms with van der Waals surface area (Å²) in [6.07, 6.45) is 1.03. The lowest BCUT2D eigenvalue weighted by molar-refractivity contribution is 0.411. The van der Waals surface area contributed by atoms with E-state index in [0.717, 1.165) is 12.2 Å². The molecule has 0 aromatic carbocycles. The summed E-state index contributed by atoms with van der Waals surface area (Å²) in [6, 6.07) is 0. The predicted octanol–water partition coefficient (Wildman–Crippen LogP) is 2.12. The first-order valence-electron chi connectivity index (χ1n) is 2.90. The summed E-state index contributed by atoms with van der Waals surface area (Å²) < 4.78 is 5.03. The van der Waals surface area contributed by atoms with Gasteiger partial charge in [-0.15, -0.1) is 11.3 Å². The number of rotatable bonds is 2. The van der Waals surface area contributed by atoms with Gasteiger partial charge in [0.05, 0.1) is 12.5 Å². The Morgan fingerprint density at radius 2 is 2.56 bits per heavy atom. The Labute approximate surface area is 59.3 Å². The van der Waals surface area contributed by atoms with Gasteiger partial charge in [0.1, 0.15) is 5.75 Å². The standard InChI is InChI=1S/C7H9OS/c1-3-6-4-9-5-7(6)8-2/h4H,3H2,1-2H3. The van der Waals surface area contributed by atoms with Crippen molar-refractivity contribution in [3.8, 4) is 5.75 Å². The summed E-state index contributed by atoms with van der Waals surface area (Å²) in [4.78, 5) is 0. The molecule has 1 heterocycles. The summed E-state index contributed by atoms with van der Waals surface area (Å²) >= 11 is 1.57. The molecule has 0 aliphatic carbocycles. The zero-order valence-corrected chi connectivity index (χ0v) is 6.42. The van der Waals surface area contributed by atoms with Crippen LogP contribution in [-0.2, 0) is 6.42 Å². The van der Waals surface area contributed by atoms with Crippen LogP contribution in [0.5, 0.6) is 5.75 Å². The second-order valence-electron chi connectivity index (χ2n) is 1.75. The van der Waals surface area contributed by atoms with Crippen molar-refractivity contribution in [3.05, 3.63) is 16.3 Å². The Kier molecular flexibility index (Phi) is 2.11. The molecule has 0 atom stereocenters. The highest BCUT2D eigenvalue weighted by atomic mass is 32.1. The number of ether oxygens (including phenoxy) is 1. The van der Waals surface area contributed by atoms with E-state index in [2.05, 4.69) is 17.7 Å². The number of thiophene rings is 1. The van der Waals surface area contributed by atoms with E-state index in [-0.39, 0.29) is 0 Å². The van der Waals surface area contributed by atoms with Gasteiger partial charge in [0.2, 0.25) is 0 Å². The number of aryl methyl sites for hydroxylation is 1. The number of hydrogen-bond donors (Lipinski definition) is 0. The van der Waals surface area contributed by atoms with Crippen molar-refractivity contribution in [1.82, 2.24) is 0 Å². The summed E-state index contributed by atoms with van der Waals surface area (Å²) in [7, 11) is 1.68. The monoisotopic (exact) mass is 141 g/mol. The highest BCUT2D eigenvalue weighted by Gasteiger charge is 1.99. The molecule has 0 amide bonds. The van der Waals surface area contributed by atoms with Crippen LogP contribution in [0.3, 0.4) is 0 Å². The molecule has 0 unspecified atom stereocenters. The number of hydrogen-bond acceptors (Lipinski definition) is 2. The molecule has 0 bridgehead atoms. The lowest BCUT2D eigenvalue weighted by atomic mass is 10.2. The molecular formula is C7H9OS. The molecule has 1 aromatic rings. The molecule has 1 aromatic heterocycles. The second kappa shape index (κ2) is 2.87. The average Bonchev–Trinajstić information content (AvgIpc) is 2.33. The first-order chi connectivity index (χ1) is 4.38. The van der Waals surface area contributed by atoms with E-state index >= 15 is 0 Å². The minimum absolute atomic E-state index is 0.905. The maximum absolute atomic E-state index is 5.03. The topological polar surface area (TPSA) is 9.23 Å². The smallest absolute Gasteiger partial charge is 0.141 e. The van der Waals surface area contributed by atoms with Gasteiger partial charge >= 0.3 is 0 Å². The van der Waals surface area contributed by atoms with E-state index in [1.807, 2.05) is 0 Å². The summed E-state index contributed by atoms with van der Waals surface area (Å²) in [5.74, 6) is 0.905. The Bertz CT molecular complexity index is 162. The Morgan fingerprint density at radius 1 is 1.78 bits per heavy atom. The molecule has 1 nitrogen and oxygen atoms in total. The number of methoxy groups -OCH3 is 1. The van der Waals surface area contributed by atoms with Crippen LogP contribution in [0, 0.1) is 5.38 Å². The van der Waals surface area contributed by atoms with E-state index in [1.165, 1.54) is 5.56 Å². The molecule has 1 rings (SSSR count). The van der Waals surface area contributed by atoms with Crippen molar-refractivity contribution in [2.24, 2.45) is 0 Å². The molecule has 0 spiro atoms. The van der Waals surface area contributed by atoms with E-state index in [0.29, 0.717) is 0 Å². The van der Waals surface area contributed by atoms with Crippen molar-refractivity contribution in [3.63, 3.8) is 0 Å². The first kappa shape index (κ1) is 6.62. The molecule has 1 radical (unpaired) electrons. The van der Waals surface area contributed by atoms with Gasteiger partial charge in [-0.25, -0.2) is 0 Å². The SMILES string of the molecule is CCc1cs[c]c1OC. The third-order valence-corrected chi connectivity index (χ3v) is 1.94. The fourth-order valence-corrected chi connectivity index (χ4v) is 1.49. The van der Waals surface area contributed by atoms with Crippen molar-refractivity contribution in [2.75, 3.05) is 7.11 Å². The largest absolute Gasteiger partial charge is 0.495 e. The Morgan fingerprint density at radius 3 is 3.00 bits per heavy atom. The molecule has 0 saturated carbocycles. The van der Waals surface area contributed by atoms with E-state index in [9.17, 15) is 0 Å². The quantitative estimate of drug-likeness (QED) is 0.613. The van der Waals surface area contributed by atoms with Crippen LogP contribution >= 0.6 is 11.3 Å². The zero-order valence-electron chi connectivity index (χ0n) is 5.60. The molecule has 0 fully saturated rings. The van der Waals surface area contributed by atoms with Gasteiger partial charge < -0.3 is 4.74 Å². The van der Waals surface area contributed by atoms with Crippen LogP contribution in [0.25, 0.3) is 0 Å². The minimum Gasteiger partial charge on any atom is -0.495 e. The second-order valence-corrected chi connectivity index (χ2v) is 2.43. The van der Waals surface area contributed by atoms with E-state index in [4.69, 9.17) is 4.74 Å². The maximum atomic E-state index is 5.03. The summed E-state index contributed by atoms with van der Waals surface area (Å²) in [5, 5.41) is 5.09. The van der Waals surface area contributed by atoms with Crippen LogP contribution in [0.15, 0.2) is 5.38 Å². The fraction of sp³-hybridized carbons (Fsp3) is 0.429. The predicted molar refractivity (Wildman–Crippen MR) is 39.1 cm³/mol. The Hall–Kier alpha value is -0.500. The van der Waals surface area contributed by atoms with Crippen LogP contribution < -0.4 is 4.74 Å². The molecular weight excluding hydrogens is 132 g/mol. The van der Waals surface area contributed by atoms with Gasteiger partial charge in [-0.05, 0) is 11.8 Å². The van der Waals surface area contributed by atoms with Crippen molar-refractivity contribution >= 4 is 11.3 Å². The highest BCUT2D eigenvalue weighted by molar-refractivity contribution is 7.07. The van der Waals surface area contributed by atoms with Crippen molar-refractivity contribution in [2.45, 2.75) is 13.3 Å². The average molecular weight is 141 g/mol. The van der Waals surface area contributed by atoms with Gasteiger partial charge in [-0.1, -0.05) is 6.92 Å². The lowest BCUT2D eigenvalue weighted by Crippen LogP contribution is -1.83. The lowest BCUT2D eigenvalue weighted by Gasteiger charge is -1.95. The van der Waals surface area contributed by atoms with Crippen LogP contribution in [0.2, 0.25) is 0 Å². The third-order valence-electron chi connectivity index (χ3n) is 1.23. The molecule has 9 heavy (non-hydrogen) atoms. The highest BCUT2D eigenvalue weighted by Crippen LogP contribution is 2.21. The van der Waals surface area contributed by atoms with E-state index in [1.54, 1.807) is 18.4 Å². The fourth-order valence-electron chi connectivity index (χ4n) is 0.690. The van der Waals surface area contributed by atoms with Gasteiger partial charge in [-0.3, -0.25) is 0 Å². The summed E-state index contributed by atoms with van der Waals surface area (Å²) in [6.45, 7) is 2.11. The normalized spacial score (nSPS) is 9.56. The van der Waals surface area contributed by atoms with E-state index < -0.39 is 0 Å². The first-order valence-corrected chi connectivity index (χ1v) is 3.78. The van der Waals surface area contributed by atoms with Gasteiger partial charge in [-0.2, -0.15) is 0 Å². The van der Waals surface area contributed by atoms with Gasteiger partial charge in [0.15, 0.2) is 0 Å². The van der Waals surface area contributed by atoms with Crippen LogP contribution in [0.1, 0.15) is 12.5 Å². The Balaban J connectivity index is 2.85. The molecule has 0 saturated heterocycles. The third kappa shape index (κ3) is 1.24.